The van der Waals surface area contributed by atoms with Gasteiger partial charge in [0.05, 0.1) is 15.8 Å². The van der Waals surface area contributed by atoms with E-state index in [1.807, 2.05) is 18.2 Å². The number of aliphatic hydroxyl groups is 1. The molecular formula is C25H19ClN2O4S. The molecular weight excluding hydrogens is 460 g/mol. The van der Waals surface area contributed by atoms with Crippen LogP contribution >= 0.6 is 22.9 Å². The van der Waals surface area contributed by atoms with Gasteiger partial charge in [-0.15, -0.1) is 0 Å². The van der Waals surface area contributed by atoms with Crippen LogP contribution in [0, 0.1) is 6.92 Å². The summed E-state index contributed by atoms with van der Waals surface area (Å²) in [6.07, 6.45) is 0.875. The van der Waals surface area contributed by atoms with E-state index in [0.717, 1.165) is 22.2 Å². The number of rotatable bonds is 4. The summed E-state index contributed by atoms with van der Waals surface area (Å²) in [7, 11) is 0. The number of ketones is 1. The molecule has 3 heterocycles. The summed E-state index contributed by atoms with van der Waals surface area (Å²) in [4.78, 5) is 32.3. The summed E-state index contributed by atoms with van der Waals surface area (Å²) in [6, 6.07) is 14.9. The van der Waals surface area contributed by atoms with Crippen LogP contribution in [0.3, 0.4) is 0 Å². The lowest BCUT2D eigenvalue weighted by Gasteiger charge is -2.20. The lowest BCUT2D eigenvalue weighted by atomic mass is 9.99. The van der Waals surface area contributed by atoms with E-state index >= 15 is 0 Å². The molecule has 1 aliphatic rings. The van der Waals surface area contributed by atoms with Gasteiger partial charge in [0.25, 0.3) is 5.78 Å². The number of carbonyl (C=O) groups is 2. The zero-order valence-electron chi connectivity index (χ0n) is 17.8. The van der Waals surface area contributed by atoms with Gasteiger partial charge in [0, 0.05) is 10.6 Å². The van der Waals surface area contributed by atoms with E-state index in [1.54, 1.807) is 43.3 Å². The quantitative estimate of drug-likeness (QED) is 0.219. The molecule has 0 spiro atoms. The largest absolute Gasteiger partial charge is 0.507 e. The van der Waals surface area contributed by atoms with Crippen LogP contribution < -0.4 is 4.90 Å². The van der Waals surface area contributed by atoms with Crippen molar-refractivity contribution in [3.8, 4) is 0 Å². The number of furan rings is 1. The topological polar surface area (TPSA) is 83.6 Å². The molecule has 1 atom stereocenters. The maximum atomic E-state index is 13.2. The highest BCUT2D eigenvalue weighted by Crippen LogP contribution is 2.44. The maximum absolute atomic E-state index is 13.2. The summed E-state index contributed by atoms with van der Waals surface area (Å²) in [5, 5.41) is 12.0. The summed E-state index contributed by atoms with van der Waals surface area (Å²) in [5.74, 6) is -0.857. The molecule has 33 heavy (non-hydrogen) atoms. The van der Waals surface area contributed by atoms with Gasteiger partial charge in [0.2, 0.25) is 0 Å². The van der Waals surface area contributed by atoms with E-state index in [1.165, 1.54) is 16.2 Å². The van der Waals surface area contributed by atoms with E-state index in [9.17, 15) is 14.7 Å². The van der Waals surface area contributed by atoms with E-state index in [4.69, 9.17) is 16.0 Å². The van der Waals surface area contributed by atoms with Gasteiger partial charge in [0.1, 0.15) is 23.3 Å². The number of Topliss-reactive ketones (excluding diaryl/α,β-unsaturated/α-hetero) is 1. The standard InChI is InChI=1S/C25H19ClN2O4S/c1-3-14-5-10-17-19(12-14)33-25(27-17)28-21(18-11-4-13(2)32-18)20(23(30)24(28)31)22(29)15-6-8-16(26)9-7-15/h4-12,21,29H,3H2,1-2H3/b22-20+. The fraction of sp³-hybridized carbons (Fsp3) is 0.160. The Balaban J connectivity index is 1.70. The summed E-state index contributed by atoms with van der Waals surface area (Å²) in [6.45, 7) is 3.84. The summed E-state index contributed by atoms with van der Waals surface area (Å²) >= 11 is 7.29. The molecule has 166 valence electrons. The number of halogens is 1. The second kappa shape index (κ2) is 8.17. The molecule has 0 saturated carbocycles. The molecule has 0 bridgehead atoms. The molecule has 1 amide bonds. The highest BCUT2D eigenvalue weighted by molar-refractivity contribution is 7.22. The number of aryl methyl sites for hydroxylation is 2. The molecule has 1 N–H and O–H groups in total. The minimum absolute atomic E-state index is 0.0508. The van der Waals surface area contributed by atoms with E-state index in [-0.39, 0.29) is 11.3 Å². The fourth-order valence-electron chi connectivity index (χ4n) is 3.94. The summed E-state index contributed by atoms with van der Waals surface area (Å²) in [5.41, 5.74) is 2.22. The van der Waals surface area contributed by atoms with Crippen molar-refractivity contribution < 1.29 is 19.1 Å². The van der Waals surface area contributed by atoms with Gasteiger partial charge in [-0.1, -0.05) is 35.9 Å². The first kappa shape index (κ1) is 21.4. The third-order valence-electron chi connectivity index (χ3n) is 5.65. The number of aliphatic hydroxyl groups excluding tert-OH is 1. The van der Waals surface area contributed by atoms with Crippen molar-refractivity contribution in [1.82, 2.24) is 4.98 Å². The van der Waals surface area contributed by atoms with Gasteiger partial charge in [-0.25, -0.2) is 4.98 Å². The van der Waals surface area contributed by atoms with Crippen LogP contribution in [0.4, 0.5) is 5.13 Å². The Hall–Kier alpha value is -3.42. The third-order valence-corrected chi connectivity index (χ3v) is 6.92. The second-order valence-corrected chi connectivity index (χ2v) is 9.22. The lowest BCUT2D eigenvalue weighted by Crippen LogP contribution is -2.29. The molecule has 1 saturated heterocycles. The number of carbonyl (C=O) groups excluding carboxylic acids is 2. The zero-order chi connectivity index (χ0) is 23.3. The minimum atomic E-state index is -0.944. The van der Waals surface area contributed by atoms with E-state index in [0.29, 0.717) is 27.2 Å². The van der Waals surface area contributed by atoms with Gasteiger partial charge in [-0.2, -0.15) is 0 Å². The Labute approximate surface area is 198 Å². The normalized spacial score (nSPS) is 17.9. The molecule has 2 aromatic heterocycles. The number of fused-ring (bicyclic) bond motifs is 1. The first-order valence-corrected chi connectivity index (χ1v) is 11.6. The maximum Gasteiger partial charge on any atom is 0.302 e. The van der Waals surface area contributed by atoms with Crippen molar-refractivity contribution in [2.45, 2.75) is 26.3 Å². The van der Waals surface area contributed by atoms with Crippen LogP contribution in [0.2, 0.25) is 5.02 Å². The van der Waals surface area contributed by atoms with Gasteiger partial charge >= 0.3 is 5.91 Å². The Morgan fingerprint density at radius 2 is 1.91 bits per heavy atom. The van der Waals surface area contributed by atoms with Crippen molar-refractivity contribution >= 4 is 55.7 Å². The smallest absolute Gasteiger partial charge is 0.302 e. The fourth-order valence-corrected chi connectivity index (χ4v) is 5.12. The zero-order valence-corrected chi connectivity index (χ0v) is 19.4. The monoisotopic (exact) mass is 478 g/mol. The minimum Gasteiger partial charge on any atom is -0.507 e. The average molecular weight is 479 g/mol. The third kappa shape index (κ3) is 3.63. The van der Waals surface area contributed by atoms with Crippen LogP contribution in [0.1, 0.15) is 35.6 Å². The van der Waals surface area contributed by atoms with Gasteiger partial charge in [-0.05, 0) is 67.4 Å². The predicted molar refractivity (Wildman–Crippen MR) is 129 cm³/mol. The number of aromatic nitrogens is 1. The lowest BCUT2D eigenvalue weighted by molar-refractivity contribution is -0.132. The summed E-state index contributed by atoms with van der Waals surface area (Å²) < 4.78 is 6.74. The molecule has 5 rings (SSSR count). The molecule has 6 nitrogen and oxygen atoms in total. The van der Waals surface area contributed by atoms with Crippen molar-refractivity contribution in [2.24, 2.45) is 0 Å². The van der Waals surface area contributed by atoms with Gasteiger partial charge < -0.3 is 9.52 Å². The molecule has 1 aliphatic heterocycles. The van der Waals surface area contributed by atoms with Crippen molar-refractivity contribution in [3.63, 3.8) is 0 Å². The Kier molecular flexibility index (Phi) is 5.31. The molecule has 0 aliphatic carbocycles. The van der Waals surface area contributed by atoms with Crippen LogP contribution in [0.15, 0.2) is 64.6 Å². The first-order chi connectivity index (χ1) is 15.9. The molecule has 0 radical (unpaired) electrons. The molecule has 2 aromatic carbocycles. The van der Waals surface area contributed by atoms with Crippen LogP contribution in [0.25, 0.3) is 16.0 Å². The predicted octanol–water partition coefficient (Wildman–Crippen LogP) is 6.04. The molecule has 1 fully saturated rings. The number of benzene rings is 2. The Bertz CT molecular complexity index is 1430. The van der Waals surface area contributed by atoms with E-state index in [2.05, 4.69) is 11.9 Å². The second-order valence-electron chi connectivity index (χ2n) is 7.78. The highest BCUT2D eigenvalue weighted by atomic mass is 35.5. The Morgan fingerprint density at radius 1 is 1.15 bits per heavy atom. The number of amides is 1. The molecule has 4 aromatic rings. The number of hydrogen-bond acceptors (Lipinski definition) is 6. The number of nitrogens with zero attached hydrogens (tertiary/aromatic N) is 2. The number of thiazole rings is 1. The SMILES string of the molecule is CCc1ccc2nc(N3C(=O)C(=O)/C(=C(/O)c4ccc(Cl)cc4)C3c3ccc(C)o3)sc2c1. The van der Waals surface area contributed by atoms with Crippen LogP contribution in [-0.4, -0.2) is 21.8 Å². The van der Waals surface area contributed by atoms with Gasteiger partial charge in [-0.3, -0.25) is 14.5 Å². The van der Waals surface area contributed by atoms with Crippen molar-refractivity contribution in [2.75, 3.05) is 4.90 Å². The number of hydrogen-bond donors (Lipinski definition) is 1. The Morgan fingerprint density at radius 3 is 2.58 bits per heavy atom. The average Bonchev–Trinajstić information content (AvgIpc) is 3.49. The highest BCUT2D eigenvalue weighted by Gasteiger charge is 2.49. The van der Waals surface area contributed by atoms with Crippen molar-refractivity contribution in [1.29, 1.82) is 0 Å². The first-order valence-electron chi connectivity index (χ1n) is 10.4. The van der Waals surface area contributed by atoms with Crippen LogP contribution in [-0.2, 0) is 16.0 Å². The molecule has 8 heteroatoms. The van der Waals surface area contributed by atoms with Gasteiger partial charge in [0.15, 0.2) is 5.13 Å². The van der Waals surface area contributed by atoms with Crippen molar-refractivity contribution in [3.05, 3.63) is 87.8 Å². The van der Waals surface area contributed by atoms with E-state index < -0.39 is 17.7 Å². The van der Waals surface area contributed by atoms with Crippen LogP contribution in [0.5, 0.6) is 0 Å². The molecule has 1 unspecified atom stereocenters. The number of anilines is 1.